The summed E-state index contributed by atoms with van der Waals surface area (Å²) in [6.45, 7) is 0.0684. The SMILES string of the molecule is CS(=O)(=O)C(N)(C(CCCCN)(S(C)(=O)=O)S(C)(=O)=O)S(C)(=O)=O. The van der Waals surface area contributed by atoms with E-state index in [9.17, 15) is 33.7 Å². The molecule has 0 bridgehead atoms. The third-order valence-corrected chi connectivity index (χ3v) is 14.3. The molecule has 14 heteroatoms. The van der Waals surface area contributed by atoms with Crippen molar-refractivity contribution in [3.63, 3.8) is 0 Å². The van der Waals surface area contributed by atoms with E-state index in [-0.39, 0.29) is 19.4 Å². The van der Waals surface area contributed by atoms with Crippen LogP contribution in [-0.4, -0.2) is 73.5 Å². The zero-order valence-electron chi connectivity index (χ0n) is 13.9. The second kappa shape index (κ2) is 6.79. The van der Waals surface area contributed by atoms with Crippen molar-refractivity contribution in [1.29, 1.82) is 0 Å². The molecule has 0 spiro atoms. The predicted molar refractivity (Wildman–Crippen MR) is 91.9 cm³/mol. The maximum absolute atomic E-state index is 12.4. The largest absolute Gasteiger partial charge is 0.330 e. The second-order valence-corrected chi connectivity index (χ2v) is 15.1. The van der Waals surface area contributed by atoms with Crippen LogP contribution in [0.4, 0.5) is 0 Å². The van der Waals surface area contributed by atoms with E-state index in [1.807, 2.05) is 0 Å². The van der Waals surface area contributed by atoms with Crippen molar-refractivity contribution >= 4 is 39.3 Å². The van der Waals surface area contributed by atoms with Gasteiger partial charge in [-0.15, -0.1) is 0 Å². The van der Waals surface area contributed by atoms with Crippen LogP contribution >= 0.6 is 0 Å². The summed E-state index contributed by atoms with van der Waals surface area (Å²) in [5.41, 5.74) is 10.9. The van der Waals surface area contributed by atoms with Gasteiger partial charge in [0, 0.05) is 25.0 Å². The van der Waals surface area contributed by atoms with Gasteiger partial charge in [0.2, 0.25) is 4.08 Å². The molecule has 0 aliphatic carbocycles. The van der Waals surface area contributed by atoms with E-state index in [0.717, 1.165) is 0 Å². The summed E-state index contributed by atoms with van der Waals surface area (Å²) >= 11 is 0. The van der Waals surface area contributed by atoms with Crippen molar-refractivity contribution in [2.24, 2.45) is 11.5 Å². The molecule has 0 atom stereocenters. The van der Waals surface area contributed by atoms with Gasteiger partial charge in [0.25, 0.3) is 4.20 Å². The van der Waals surface area contributed by atoms with Gasteiger partial charge in [-0.05, 0) is 25.8 Å². The Balaban J connectivity index is 7.42. The van der Waals surface area contributed by atoms with Gasteiger partial charge >= 0.3 is 0 Å². The smallest absolute Gasteiger partial charge is 0.254 e. The summed E-state index contributed by atoms with van der Waals surface area (Å²) in [5, 5.41) is 0. The van der Waals surface area contributed by atoms with Crippen LogP contribution in [0.15, 0.2) is 0 Å². The Labute approximate surface area is 143 Å². The molecule has 10 nitrogen and oxygen atoms in total. The lowest BCUT2D eigenvalue weighted by molar-refractivity contribution is 0.462. The summed E-state index contributed by atoms with van der Waals surface area (Å²) in [4.78, 5) is 0. The first-order valence-electron chi connectivity index (χ1n) is 6.58. The van der Waals surface area contributed by atoms with Gasteiger partial charge in [-0.25, -0.2) is 33.7 Å². The van der Waals surface area contributed by atoms with Crippen LogP contribution in [0.1, 0.15) is 19.3 Å². The van der Waals surface area contributed by atoms with Gasteiger partial charge < -0.3 is 5.73 Å². The molecule has 0 aromatic heterocycles. The highest BCUT2D eigenvalue weighted by atomic mass is 32.3. The molecule has 0 aromatic carbocycles. The maximum Gasteiger partial charge on any atom is 0.254 e. The summed E-state index contributed by atoms with van der Waals surface area (Å²) in [7, 11) is -19.4. The molecular formula is C10H24N2O8S4. The molecule has 0 radical (unpaired) electrons. The van der Waals surface area contributed by atoms with Crippen molar-refractivity contribution in [2.45, 2.75) is 27.5 Å². The molecule has 0 rings (SSSR count). The number of sulfone groups is 4. The standard InChI is InChI=1S/C10H24N2O8S4/c1-21(13,14)9(22(2,15)16,7-5-6-8-11)10(12,23(3,17)18)24(4,19)20/h5-8,11-12H2,1-4H3. The molecule has 0 amide bonds. The van der Waals surface area contributed by atoms with Crippen molar-refractivity contribution in [2.75, 3.05) is 31.6 Å². The molecule has 24 heavy (non-hydrogen) atoms. The van der Waals surface area contributed by atoms with E-state index in [2.05, 4.69) is 0 Å². The van der Waals surface area contributed by atoms with E-state index in [4.69, 9.17) is 11.5 Å². The number of hydrogen-bond donors (Lipinski definition) is 2. The fourth-order valence-corrected chi connectivity index (χ4v) is 14.1. The van der Waals surface area contributed by atoms with Crippen LogP contribution in [0, 0.1) is 0 Å². The molecule has 0 unspecified atom stereocenters. The van der Waals surface area contributed by atoms with E-state index in [1.165, 1.54) is 0 Å². The Bertz CT molecular complexity index is 821. The topological polar surface area (TPSA) is 189 Å². The normalized spacial score (nSPS) is 15.4. The second-order valence-electron chi connectivity index (χ2n) is 5.75. The lowest BCUT2D eigenvalue weighted by Crippen LogP contribution is -2.74. The Hall–Kier alpha value is -0.280. The van der Waals surface area contributed by atoms with Crippen LogP contribution in [-0.2, 0) is 39.3 Å². The summed E-state index contributed by atoms with van der Waals surface area (Å²) in [6, 6.07) is 0. The highest BCUT2D eigenvalue weighted by Crippen LogP contribution is 2.44. The van der Waals surface area contributed by atoms with Gasteiger partial charge in [0.15, 0.2) is 39.3 Å². The maximum atomic E-state index is 12.4. The Morgan fingerprint density at radius 1 is 0.667 bits per heavy atom. The molecule has 0 saturated heterocycles. The summed E-state index contributed by atoms with van der Waals surface area (Å²) < 4.78 is 91.7. The highest BCUT2D eigenvalue weighted by Gasteiger charge is 2.73. The number of unbranched alkanes of at least 4 members (excludes halogenated alkanes) is 1. The first kappa shape index (κ1) is 23.7. The molecule has 0 aliphatic heterocycles. The zero-order chi connectivity index (χ0) is 19.8. The quantitative estimate of drug-likeness (QED) is 0.374. The molecule has 0 saturated carbocycles. The van der Waals surface area contributed by atoms with Crippen LogP contribution < -0.4 is 11.5 Å². The molecular weight excluding hydrogens is 404 g/mol. The van der Waals surface area contributed by atoms with Gasteiger partial charge in [0.1, 0.15) is 0 Å². The van der Waals surface area contributed by atoms with Crippen LogP contribution in [0.5, 0.6) is 0 Å². The first-order chi connectivity index (χ1) is 10.3. The minimum Gasteiger partial charge on any atom is -0.330 e. The third-order valence-electron chi connectivity index (χ3n) is 3.79. The van der Waals surface area contributed by atoms with Gasteiger partial charge in [-0.3, -0.25) is 5.73 Å². The Kier molecular flexibility index (Phi) is 6.71. The van der Waals surface area contributed by atoms with Crippen molar-refractivity contribution in [3.8, 4) is 0 Å². The average molecular weight is 429 g/mol. The fourth-order valence-electron chi connectivity index (χ4n) is 2.68. The minimum absolute atomic E-state index is 0.0684. The molecule has 146 valence electrons. The van der Waals surface area contributed by atoms with Crippen molar-refractivity contribution < 1.29 is 33.7 Å². The minimum atomic E-state index is -4.88. The third kappa shape index (κ3) is 3.62. The zero-order valence-corrected chi connectivity index (χ0v) is 17.1. The van der Waals surface area contributed by atoms with Gasteiger partial charge in [-0.2, -0.15) is 0 Å². The summed E-state index contributed by atoms with van der Waals surface area (Å²) in [6.07, 6.45) is 0.864. The molecule has 0 fully saturated rings. The van der Waals surface area contributed by atoms with E-state index in [1.54, 1.807) is 0 Å². The van der Waals surface area contributed by atoms with Crippen molar-refractivity contribution in [3.05, 3.63) is 0 Å². The molecule has 0 heterocycles. The van der Waals surface area contributed by atoms with E-state index < -0.39 is 54.1 Å². The lowest BCUT2D eigenvalue weighted by atomic mass is 10.2. The molecule has 0 aliphatic rings. The van der Waals surface area contributed by atoms with Gasteiger partial charge in [-0.1, -0.05) is 0 Å². The Morgan fingerprint density at radius 3 is 1.21 bits per heavy atom. The van der Waals surface area contributed by atoms with Crippen molar-refractivity contribution in [1.82, 2.24) is 0 Å². The Morgan fingerprint density at radius 2 is 1.00 bits per heavy atom. The van der Waals surface area contributed by atoms with Crippen LogP contribution in [0.3, 0.4) is 0 Å². The van der Waals surface area contributed by atoms with Gasteiger partial charge in [0.05, 0.1) is 0 Å². The molecule has 4 N–H and O–H groups in total. The monoisotopic (exact) mass is 428 g/mol. The van der Waals surface area contributed by atoms with E-state index >= 15 is 0 Å². The average Bonchev–Trinajstić information content (AvgIpc) is 2.27. The van der Waals surface area contributed by atoms with E-state index in [0.29, 0.717) is 25.0 Å². The van der Waals surface area contributed by atoms with Crippen LogP contribution in [0.2, 0.25) is 0 Å². The first-order valence-corrected chi connectivity index (χ1v) is 14.1. The number of nitrogens with two attached hydrogens (primary N) is 2. The summed E-state index contributed by atoms with van der Waals surface area (Å²) in [5.74, 6) is 0. The number of rotatable bonds is 9. The highest BCUT2D eigenvalue weighted by molar-refractivity contribution is 8.16. The lowest BCUT2D eigenvalue weighted by Gasteiger charge is -2.42. The predicted octanol–water partition coefficient (Wildman–Crippen LogP) is -2.40. The molecule has 0 aromatic rings. The fraction of sp³-hybridized carbons (Fsp3) is 1.00. The number of hydrogen-bond acceptors (Lipinski definition) is 10. The van der Waals surface area contributed by atoms with Crippen LogP contribution in [0.25, 0.3) is 0 Å².